The molecule has 0 unspecified atom stereocenters. The Balaban J connectivity index is 2.31. The van der Waals surface area contributed by atoms with Gasteiger partial charge in [0.2, 0.25) is 5.82 Å². The van der Waals surface area contributed by atoms with Crippen LogP contribution in [0.3, 0.4) is 0 Å². The van der Waals surface area contributed by atoms with Gasteiger partial charge in [-0.25, -0.2) is 4.39 Å². The Morgan fingerprint density at radius 2 is 1.62 bits per heavy atom. The minimum Gasteiger partial charge on any atom is -0.322 e. The van der Waals surface area contributed by atoms with Crippen molar-refractivity contribution in [3.8, 4) is 0 Å². The minimum atomic E-state index is -4.58. The van der Waals surface area contributed by atoms with Gasteiger partial charge in [-0.2, -0.15) is 17.6 Å². The molecule has 0 aliphatic rings. The van der Waals surface area contributed by atoms with Crippen LogP contribution in [0.1, 0.15) is 15.9 Å². The monoisotopic (exact) mass is 346 g/mol. The number of hydrogen-bond donors (Lipinski definition) is 1. The Kier molecular flexibility index (Phi) is 4.49. The second kappa shape index (κ2) is 6.22. The molecular weight excluding hydrogens is 339 g/mol. The van der Waals surface area contributed by atoms with Crippen LogP contribution in [0.2, 0.25) is 0 Å². The summed E-state index contributed by atoms with van der Waals surface area (Å²) in [7, 11) is 0. The topological polar surface area (TPSA) is 72.2 Å². The molecular formula is C14H7F5N2O3. The number of alkyl halides is 3. The summed E-state index contributed by atoms with van der Waals surface area (Å²) in [5.74, 6) is -4.39. The maximum absolute atomic E-state index is 13.9. The second-order valence-electron chi connectivity index (χ2n) is 4.54. The summed E-state index contributed by atoms with van der Waals surface area (Å²) in [6.45, 7) is 0. The highest BCUT2D eigenvalue weighted by Gasteiger charge is 2.30. The number of carbonyl (C=O) groups excluding carboxylic acids is 1. The first-order valence-electron chi connectivity index (χ1n) is 6.22. The first-order valence-corrected chi connectivity index (χ1v) is 6.22. The highest BCUT2D eigenvalue weighted by Crippen LogP contribution is 2.30. The molecule has 2 rings (SSSR count). The average molecular weight is 346 g/mol. The molecule has 1 amide bonds. The first kappa shape index (κ1) is 17.3. The van der Waals surface area contributed by atoms with E-state index in [2.05, 4.69) is 0 Å². The summed E-state index contributed by atoms with van der Waals surface area (Å²) in [5, 5.41) is 12.6. The second-order valence-corrected chi connectivity index (χ2v) is 4.54. The van der Waals surface area contributed by atoms with Gasteiger partial charge in [0.1, 0.15) is 11.4 Å². The molecule has 1 N–H and O–H groups in total. The SMILES string of the molecule is O=C(Nc1ccc(C(F)(F)F)cc1)c1c(F)ccc([N+](=O)[O-])c1F. The predicted octanol–water partition coefficient (Wildman–Crippen LogP) is 4.14. The summed E-state index contributed by atoms with van der Waals surface area (Å²) >= 11 is 0. The first-order chi connectivity index (χ1) is 11.1. The summed E-state index contributed by atoms with van der Waals surface area (Å²) in [4.78, 5) is 21.3. The van der Waals surface area contributed by atoms with Crippen LogP contribution in [0.5, 0.6) is 0 Å². The highest BCUT2D eigenvalue weighted by atomic mass is 19.4. The molecule has 2 aromatic rings. The Morgan fingerprint density at radius 3 is 2.12 bits per heavy atom. The summed E-state index contributed by atoms with van der Waals surface area (Å²) in [6, 6.07) is 4.19. The fourth-order valence-electron chi connectivity index (χ4n) is 1.83. The number of hydrogen-bond acceptors (Lipinski definition) is 3. The average Bonchev–Trinajstić information content (AvgIpc) is 2.46. The van der Waals surface area contributed by atoms with Crippen molar-refractivity contribution < 1.29 is 31.7 Å². The van der Waals surface area contributed by atoms with Gasteiger partial charge in [-0.15, -0.1) is 0 Å². The van der Waals surface area contributed by atoms with Gasteiger partial charge in [0.25, 0.3) is 5.91 Å². The van der Waals surface area contributed by atoms with Crippen LogP contribution in [0, 0.1) is 21.7 Å². The zero-order chi connectivity index (χ0) is 18.1. The van der Waals surface area contributed by atoms with E-state index in [1.807, 2.05) is 5.32 Å². The van der Waals surface area contributed by atoms with Gasteiger partial charge in [0, 0.05) is 11.8 Å². The molecule has 0 heterocycles. The van der Waals surface area contributed by atoms with Gasteiger partial charge >= 0.3 is 11.9 Å². The molecule has 0 fully saturated rings. The molecule has 0 bridgehead atoms. The molecule has 0 spiro atoms. The van der Waals surface area contributed by atoms with Crippen molar-refractivity contribution in [2.75, 3.05) is 5.32 Å². The van der Waals surface area contributed by atoms with Crippen LogP contribution < -0.4 is 5.32 Å². The Hall–Kier alpha value is -3.04. The number of carbonyl (C=O) groups is 1. The normalized spacial score (nSPS) is 11.2. The molecule has 2 aromatic carbocycles. The van der Waals surface area contributed by atoms with E-state index in [0.29, 0.717) is 24.3 Å². The lowest BCUT2D eigenvalue weighted by atomic mass is 10.1. The number of halogens is 5. The molecule has 0 atom stereocenters. The zero-order valence-corrected chi connectivity index (χ0v) is 11.5. The quantitative estimate of drug-likeness (QED) is 0.516. The third-order valence-corrected chi connectivity index (χ3v) is 2.96. The van der Waals surface area contributed by atoms with Gasteiger partial charge in [0.05, 0.1) is 10.5 Å². The van der Waals surface area contributed by atoms with Crippen molar-refractivity contribution in [2.24, 2.45) is 0 Å². The number of nitrogens with one attached hydrogen (secondary N) is 1. The van der Waals surface area contributed by atoms with Gasteiger partial charge in [-0.3, -0.25) is 14.9 Å². The largest absolute Gasteiger partial charge is 0.416 e. The summed E-state index contributed by atoms with van der Waals surface area (Å²) in [6.07, 6.45) is -4.58. The van der Waals surface area contributed by atoms with E-state index in [9.17, 15) is 36.9 Å². The molecule has 24 heavy (non-hydrogen) atoms. The van der Waals surface area contributed by atoms with Crippen molar-refractivity contribution in [1.29, 1.82) is 0 Å². The number of nitro groups is 1. The molecule has 0 aromatic heterocycles. The van der Waals surface area contributed by atoms with Crippen LogP contribution in [-0.2, 0) is 6.18 Å². The van der Waals surface area contributed by atoms with Crippen LogP contribution in [0.25, 0.3) is 0 Å². The van der Waals surface area contributed by atoms with E-state index in [1.54, 1.807) is 0 Å². The lowest BCUT2D eigenvalue weighted by Gasteiger charge is -2.09. The predicted molar refractivity (Wildman–Crippen MR) is 72.4 cm³/mol. The third-order valence-electron chi connectivity index (χ3n) is 2.96. The van der Waals surface area contributed by atoms with E-state index < -0.39 is 45.5 Å². The number of amides is 1. The lowest BCUT2D eigenvalue weighted by molar-refractivity contribution is -0.387. The standard InChI is InChI=1S/C14H7F5N2O3/c15-9-5-6-10(21(23)24)12(16)11(9)13(22)20-8-3-1-7(2-4-8)14(17,18)19/h1-6H,(H,20,22). The molecule has 10 heteroatoms. The van der Waals surface area contributed by atoms with E-state index in [0.717, 1.165) is 12.1 Å². The molecule has 5 nitrogen and oxygen atoms in total. The zero-order valence-electron chi connectivity index (χ0n) is 11.5. The maximum atomic E-state index is 13.9. The van der Waals surface area contributed by atoms with Crippen molar-refractivity contribution >= 4 is 17.3 Å². The van der Waals surface area contributed by atoms with Crippen LogP contribution in [0.4, 0.5) is 33.3 Å². The van der Waals surface area contributed by atoms with Crippen molar-refractivity contribution in [3.05, 3.63) is 69.3 Å². The third kappa shape index (κ3) is 3.47. The molecule has 126 valence electrons. The van der Waals surface area contributed by atoms with Crippen LogP contribution in [-0.4, -0.2) is 10.8 Å². The van der Waals surface area contributed by atoms with Crippen LogP contribution >= 0.6 is 0 Å². The Labute approximate surface area is 130 Å². The van der Waals surface area contributed by atoms with E-state index >= 15 is 0 Å². The van der Waals surface area contributed by atoms with Gasteiger partial charge < -0.3 is 5.32 Å². The van der Waals surface area contributed by atoms with Crippen molar-refractivity contribution in [3.63, 3.8) is 0 Å². The number of nitro benzene ring substituents is 1. The highest BCUT2D eigenvalue weighted by molar-refractivity contribution is 6.05. The smallest absolute Gasteiger partial charge is 0.322 e. The van der Waals surface area contributed by atoms with Gasteiger partial charge in [-0.05, 0) is 30.3 Å². The number of benzene rings is 2. The molecule has 0 aliphatic carbocycles. The molecule has 0 saturated heterocycles. The number of nitrogens with zero attached hydrogens (tertiary/aromatic N) is 1. The number of rotatable bonds is 3. The molecule has 0 aliphatic heterocycles. The molecule has 0 saturated carbocycles. The van der Waals surface area contributed by atoms with E-state index in [4.69, 9.17) is 0 Å². The lowest BCUT2D eigenvalue weighted by Crippen LogP contribution is -2.17. The molecule has 0 radical (unpaired) electrons. The summed E-state index contributed by atoms with van der Waals surface area (Å²) in [5.41, 5.74) is -3.45. The maximum Gasteiger partial charge on any atom is 0.416 e. The Morgan fingerprint density at radius 1 is 1.04 bits per heavy atom. The van der Waals surface area contributed by atoms with E-state index in [-0.39, 0.29) is 5.69 Å². The minimum absolute atomic E-state index is 0.168. The summed E-state index contributed by atoms with van der Waals surface area (Å²) < 4.78 is 64.7. The van der Waals surface area contributed by atoms with Crippen LogP contribution in [0.15, 0.2) is 36.4 Å². The Bertz CT molecular complexity index is 803. The fourth-order valence-corrected chi connectivity index (χ4v) is 1.83. The fraction of sp³-hybridized carbons (Fsp3) is 0.0714. The van der Waals surface area contributed by atoms with Crippen molar-refractivity contribution in [2.45, 2.75) is 6.18 Å². The van der Waals surface area contributed by atoms with Gasteiger partial charge in [0.15, 0.2) is 0 Å². The number of anilines is 1. The van der Waals surface area contributed by atoms with Crippen molar-refractivity contribution in [1.82, 2.24) is 0 Å². The van der Waals surface area contributed by atoms with Gasteiger partial charge in [-0.1, -0.05) is 0 Å². The van der Waals surface area contributed by atoms with E-state index in [1.165, 1.54) is 0 Å².